The fourth-order valence-electron chi connectivity index (χ4n) is 2.60. The predicted octanol–water partition coefficient (Wildman–Crippen LogP) is 3.33. The van der Waals surface area contributed by atoms with Crippen LogP contribution in [0.1, 0.15) is 5.56 Å². The van der Waals surface area contributed by atoms with Gasteiger partial charge in [-0.2, -0.15) is 8.42 Å². The van der Waals surface area contributed by atoms with Gasteiger partial charge in [0.05, 0.1) is 19.1 Å². The summed E-state index contributed by atoms with van der Waals surface area (Å²) in [6.45, 7) is -0.505. The molecule has 2 amide bonds. The highest BCUT2D eigenvalue weighted by atomic mass is 35.5. The minimum Gasteiger partial charge on any atom is -0.493 e. The van der Waals surface area contributed by atoms with Crippen LogP contribution in [0.15, 0.2) is 52.3 Å². The topological polar surface area (TPSA) is 116 Å². The molecule has 0 saturated carbocycles. The van der Waals surface area contributed by atoms with E-state index in [4.69, 9.17) is 20.5 Å². The molecule has 2 aromatic carbocycles. The van der Waals surface area contributed by atoms with Crippen molar-refractivity contribution in [1.29, 1.82) is 0 Å². The average molecular weight is 498 g/mol. The number of esters is 1. The van der Waals surface area contributed by atoms with E-state index in [2.05, 4.69) is 4.74 Å². The van der Waals surface area contributed by atoms with Gasteiger partial charge in [-0.1, -0.05) is 17.7 Å². The number of amides is 2. The van der Waals surface area contributed by atoms with Gasteiger partial charge in [0.2, 0.25) is 0 Å². The third-order valence-electron chi connectivity index (χ3n) is 4.18. The summed E-state index contributed by atoms with van der Waals surface area (Å²) in [5.41, 5.74) is 0.371. The summed E-state index contributed by atoms with van der Waals surface area (Å²) in [4.78, 5) is 36.6. The summed E-state index contributed by atoms with van der Waals surface area (Å²) in [6, 6.07) is 9.77. The van der Waals surface area contributed by atoms with E-state index in [1.165, 1.54) is 49.6 Å². The van der Waals surface area contributed by atoms with Crippen molar-refractivity contribution in [2.45, 2.75) is 4.90 Å². The molecule has 168 valence electrons. The molecule has 9 nitrogen and oxygen atoms in total. The summed E-state index contributed by atoms with van der Waals surface area (Å²) >= 11 is 6.44. The molecule has 1 saturated heterocycles. The number of methoxy groups -OCH3 is 2. The molecule has 0 atom stereocenters. The summed E-state index contributed by atoms with van der Waals surface area (Å²) in [5.74, 6) is -1.39. The number of imide groups is 1. The van der Waals surface area contributed by atoms with E-state index in [1.807, 2.05) is 0 Å². The second kappa shape index (κ2) is 9.63. The third kappa shape index (κ3) is 5.23. The largest absolute Gasteiger partial charge is 0.493 e. The van der Waals surface area contributed by atoms with Crippen molar-refractivity contribution < 1.29 is 36.5 Å². The molecule has 1 aliphatic rings. The number of rotatable bonds is 7. The maximum Gasteiger partial charge on any atom is 0.339 e. The van der Waals surface area contributed by atoms with Gasteiger partial charge >= 0.3 is 16.1 Å². The van der Waals surface area contributed by atoms with Gasteiger partial charge in [0.15, 0.2) is 11.5 Å². The van der Waals surface area contributed by atoms with E-state index in [-0.39, 0.29) is 21.3 Å². The molecule has 32 heavy (non-hydrogen) atoms. The number of hydrogen-bond donors (Lipinski definition) is 0. The zero-order chi connectivity index (χ0) is 23.5. The SMILES string of the molecule is COC(=O)CN1C(=O)S/C(=C\c2ccc(OC)c(OS(=O)(=O)c3ccc(Cl)cc3)c2)C1=O. The van der Waals surface area contributed by atoms with E-state index in [1.54, 1.807) is 6.07 Å². The molecule has 0 N–H and O–H groups in total. The van der Waals surface area contributed by atoms with Crippen LogP contribution >= 0.6 is 23.4 Å². The summed E-state index contributed by atoms with van der Waals surface area (Å²) in [6.07, 6.45) is 1.38. The number of thioether (sulfide) groups is 1. The third-order valence-corrected chi connectivity index (χ3v) is 6.58. The number of carbonyl (C=O) groups is 3. The Kier molecular flexibility index (Phi) is 7.12. The second-order valence-corrected chi connectivity index (χ2v) is 9.22. The molecule has 1 heterocycles. The maximum atomic E-state index is 12.6. The minimum absolute atomic E-state index is 0.0515. The molecule has 0 unspecified atom stereocenters. The molecule has 3 rings (SSSR count). The Bertz CT molecular complexity index is 1210. The van der Waals surface area contributed by atoms with Gasteiger partial charge < -0.3 is 13.7 Å². The normalized spacial score (nSPS) is 15.2. The highest BCUT2D eigenvalue weighted by Gasteiger charge is 2.36. The summed E-state index contributed by atoms with van der Waals surface area (Å²) in [5, 5.41) is -0.258. The molecule has 2 aromatic rings. The molecule has 1 fully saturated rings. The fourth-order valence-corrected chi connectivity index (χ4v) is 4.49. The summed E-state index contributed by atoms with van der Waals surface area (Å²) < 4.78 is 40.1. The number of ether oxygens (including phenoxy) is 2. The lowest BCUT2D eigenvalue weighted by atomic mass is 10.2. The molecule has 1 aliphatic heterocycles. The molecule has 0 radical (unpaired) electrons. The van der Waals surface area contributed by atoms with E-state index in [9.17, 15) is 22.8 Å². The Morgan fingerprint density at radius 1 is 1.09 bits per heavy atom. The Hall–Kier alpha value is -3.02. The van der Waals surface area contributed by atoms with Gasteiger partial charge in [-0.15, -0.1) is 0 Å². The van der Waals surface area contributed by atoms with Crippen LogP contribution in [0.25, 0.3) is 6.08 Å². The Balaban J connectivity index is 1.90. The Morgan fingerprint density at radius 2 is 1.78 bits per heavy atom. The van der Waals surface area contributed by atoms with E-state index in [0.29, 0.717) is 22.3 Å². The monoisotopic (exact) mass is 497 g/mol. The molecular formula is C20H16ClNO8S2. The number of hydrogen-bond acceptors (Lipinski definition) is 9. The van der Waals surface area contributed by atoms with Gasteiger partial charge in [0.1, 0.15) is 11.4 Å². The van der Waals surface area contributed by atoms with Crippen molar-refractivity contribution in [2.24, 2.45) is 0 Å². The average Bonchev–Trinajstić information content (AvgIpc) is 3.01. The van der Waals surface area contributed by atoms with Crippen LogP contribution in [0.4, 0.5) is 4.79 Å². The molecular weight excluding hydrogens is 482 g/mol. The second-order valence-electron chi connectivity index (χ2n) is 6.25. The van der Waals surface area contributed by atoms with Gasteiger partial charge in [-0.25, -0.2) is 0 Å². The van der Waals surface area contributed by atoms with Crippen LogP contribution < -0.4 is 8.92 Å². The zero-order valence-corrected chi connectivity index (χ0v) is 19.1. The van der Waals surface area contributed by atoms with Crippen molar-refractivity contribution in [3.8, 4) is 11.5 Å². The van der Waals surface area contributed by atoms with Crippen LogP contribution in [0.5, 0.6) is 11.5 Å². The fraction of sp³-hybridized carbons (Fsp3) is 0.150. The van der Waals surface area contributed by atoms with Crippen molar-refractivity contribution in [3.05, 3.63) is 58.0 Å². The van der Waals surface area contributed by atoms with E-state index < -0.39 is 33.8 Å². The van der Waals surface area contributed by atoms with Crippen LogP contribution in [0, 0.1) is 0 Å². The van der Waals surface area contributed by atoms with E-state index >= 15 is 0 Å². The molecule has 0 aromatic heterocycles. The molecule has 12 heteroatoms. The number of halogens is 1. The van der Waals surface area contributed by atoms with Crippen LogP contribution in [0.3, 0.4) is 0 Å². The first-order valence-corrected chi connectivity index (χ1v) is 11.4. The Labute approximate surface area is 193 Å². The van der Waals surface area contributed by atoms with Gasteiger partial charge in [-0.05, 0) is 59.8 Å². The van der Waals surface area contributed by atoms with Crippen molar-refractivity contribution in [1.82, 2.24) is 4.90 Å². The molecule has 0 bridgehead atoms. The zero-order valence-electron chi connectivity index (χ0n) is 16.7. The smallest absolute Gasteiger partial charge is 0.339 e. The van der Waals surface area contributed by atoms with E-state index in [0.717, 1.165) is 12.0 Å². The van der Waals surface area contributed by atoms with Crippen LogP contribution in [-0.2, 0) is 24.4 Å². The molecule has 0 spiro atoms. The highest BCUT2D eigenvalue weighted by Crippen LogP contribution is 2.35. The lowest BCUT2D eigenvalue weighted by Gasteiger charge is -2.12. The van der Waals surface area contributed by atoms with Gasteiger partial charge in [0, 0.05) is 5.02 Å². The predicted molar refractivity (Wildman–Crippen MR) is 117 cm³/mol. The maximum absolute atomic E-state index is 12.6. The lowest BCUT2D eigenvalue weighted by molar-refractivity contribution is -0.143. The molecule has 0 aliphatic carbocycles. The van der Waals surface area contributed by atoms with Crippen molar-refractivity contribution >= 4 is 56.7 Å². The van der Waals surface area contributed by atoms with Crippen molar-refractivity contribution in [2.75, 3.05) is 20.8 Å². The number of carbonyl (C=O) groups excluding carboxylic acids is 3. The lowest BCUT2D eigenvalue weighted by Crippen LogP contribution is -2.34. The van der Waals surface area contributed by atoms with Gasteiger partial charge in [-0.3, -0.25) is 19.3 Å². The quantitative estimate of drug-likeness (QED) is 0.322. The highest BCUT2D eigenvalue weighted by molar-refractivity contribution is 8.18. The standard InChI is InChI=1S/C20H16ClNO8S2/c1-28-15-8-3-12(10-17-19(24)22(20(25)31-17)11-18(23)29-2)9-16(15)30-32(26,27)14-6-4-13(21)5-7-14/h3-10H,11H2,1-2H3/b17-10-. The first-order chi connectivity index (χ1) is 15.1. The summed E-state index contributed by atoms with van der Waals surface area (Å²) in [7, 11) is -1.71. The Morgan fingerprint density at radius 3 is 2.41 bits per heavy atom. The first-order valence-electron chi connectivity index (χ1n) is 8.85. The minimum atomic E-state index is -4.20. The van der Waals surface area contributed by atoms with Crippen LogP contribution in [-0.4, -0.2) is 51.2 Å². The number of benzene rings is 2. The van der Waals surface area contributed by atoms with Gasteiger partial charge in [0.25, 0.3) is 11.1 Å². The number of nitrogens with zero attached hydrogens (tertiary/aromatic N) is 1. The van der Waals surface area contributed by atoms with Crippen LogP contribution in [0.2, 0.25) is 5.02 Å². The first kappa shape index (κ1) is 23.6. The van der Waals surface area contributed by atoms with Crippen molar-refractivity contribution in [3.63, 3.8) is 0 Å².